The summed E-state index contributed by atoms with van der Waals surface area (Å²) in [7, 11) is 0. The lowest BCUT2D eigenvalue weighted by molar-refractivity contribution is -0.137. The highest BCUT2D eigenvalue weighted by atomic mass is 16.5. The Bertz CT molecular complexity index is 377. The second-order valence-corrected chi connectivity index (χ2v) is 3.37. The van der Waals surface area contributed by atoms with E-state index < -0.39 is 0 Å². The minimum Gasteiger partial charge on any atom is -0.458 e. The van der Waals surface area contributed by atoms with Gasteiger partial charge < -0.3 is 4.74 Å². The van der Waals surface area contributed by atoms with E-state index >= 15 is 0 Å². The third-order valence-electron chi connectivity index (χ3n) is 2.14. The van der Waals surface area contributed by atoms with Gasteiger partial charge in [0.25, 0.3) is 0 Å². The monoisotopic (exact) mass is 216 g/mol. The van der Waals surface area contributed by atoms with E-state index in [0.717, 1.165) is 5.56 Å². The molecule has 1 aromatic carbocycles. The number of carbonyl (C=O) groups is 1. The Morgan fingerprint density at radius 2 is 2.06 bits per heavy atom. The van der Waals surface area contributed by atoms with Crippen molar-refractivity contribution in [1.82, 2.24) is 0 Å². The molecule has 2 nitrogen and oxygen atoms in total. The summed E-state index contributed by atoms with van der Waals surface area (Å²) in [5.41, 5.74) is 1.60. The first-order chi connectivity index (χ1) is 7.74. The van der Waals surface area contributed by atoms with E-state index in [-0.39, 0.29) is 12.6 Å². The molecule has 1 aromatic rings. The van der Waals surface area contributed by atoms with Crippen LogP contribution in [0.25, 0.3) is 6.08 Å². The van der Waals surface area contributed by atoms with Gasteiger partial charge in [-0.15, -0.1) is 0 Å². The van der Waals surface area contributed by atoms with Gasteiger partial charge in [0.1, 0.15) is 6.61 Å². The van der Waals surface area contributed by atoms with Crippen LogP contribution in [-0.2, 0) is 9.53 Å². The van der Waals surface area contributed by atoms with Gasteiger partial charge in [-0.3, -0.25) is 0 Å². The van der Waals surface area contributed by atoms with Crippen molar-refractivity contribution in [2.75, 3.05) is 6.61 Å². The van der Waals surface area contributed by atoms with Gasteiger partial charge in [-0.2, -0.15) is 0 Å². The zero-order valence-corrected chi connectivity index (χ0v) is 9.48. The highest BCUT2D eigenvalue weighted by Gasteiger charge is 2.03. The third kappa shape index (κ3) is 4.13. The SMILES string of the molecule is C=C(CC)C(=O)OCC=Cc1ccccc1. The van der Waals surface area contributed by atoms with E-state index in [1.165, 1.54) is 0 Å². The molecule has 0 fully saturated rings. The zero-order valence-electron chi connectivity index (χ0n) is 9.48. The molecule has 0 saturated heterocycles. The molecule has 0 aromatic heterocycles. The quantitative estimate of drug-likeness (QED) is 0.558. The van der Waals surface area contributed by atoms with Crippen molar-refractivity contribution in [3.63, 3.8) is 0 Å². The van der Waals surface area contributed by atoms with E-state index in [0.29, 0.717) is 12.0 Å². The molecule has 0 saturated carbocycles. The summed E-state index contributed by atoms with van der Waals surface area (Å²) in [6.07, 6.45) is 4.36. The number of ether oxygens (including phenoxy) is 1. The molecule has 0 N–H and O–H groups in total. The Morgan fingerprint density at radius 1 is 1.38 bits per heavy atom. The summed E-state index contributed by atoms with van der Waals surface area (Å²) in [4.78, 5) is 11.2. The van der Waals surface area contributed by atoms with Crippen molar-refractivity contribution in [2.24, 2.45) is 0 Å². The van der Waals surface area contributed by atoms with Gasteiger partial charge in [0.05, 0.1) is 0 Å². The molecule has 0 heterocycles. The van der Waals surface area contributed by atoms with E-state index in [9.17, 15) is 4.79 Å². The van der Waals surface area contributed by atoms with Crippen LogP contribution in [0, 0.1) is 0 Å². The van der Waals surface area contributed by atoms with Crippen LogP contribution in [0.2, 0.25) is 0 Å². The van der Waals surface area contributed by atoms with Crippen LogP contribution in [0.4, 0.5) is 0 Å². The lowest BCUT2D eigenvalue weighted by atomic mass is 10.2. The minimum absolute atomic E-state index is 0.284. The maximum Gasteiger partial charge on any atom is 0.333 e. The lowest BCUT2D eigenvalue weighted by Crippen LogP contribution is -2.06. The Morgan fingerprint density at radius 3 is 2.69 bits per heavy atom. The van der Waals surface area contributed by atoms with Crippen LogP contribution in [0.1, 0.15) is 18.9 Å². The fourth-order valence-electron chi connectivity index (χ4n) is 1.12. The standard InChI is InChI=1S/C14H16O2/c1-3-12(2)14(15)16-11-7-10-13-8-5-4-6-9-13/h4-10H,2-3,11H2,1H3. The van der Waals surface area contributed by atoms with Gasteiger partial charge in [-0.1, -0.05) is 49.9 Å². The molecular formula is C14H16O2. The smallest absolute Gasteiger partial charge is 0.333 e. The Balaban J connectivity index is 2.34. The predicted molar refractivity (Wildman–Crippen MR) is 65.9 cm³/mol. The molecule has 0 amide bonds. The Labute approximate surface area is 96.2 Å². The van der Waals surface area contributed by atoms with Crippen LogP contribution in [0.15, 0.2) is 48.6 Å². The van der Waals surface area contributed by atoms with E-state index in [1.807, 2.05) is 49.4 Å². The number of rotatable bonds is 5. The molecular weight excluding hydrogens is 200 g/mol. The summed E-state index contributed by atoms with van der Waals surface area (Å²) >= 11 is 0. The fourth-order valence-corrected chi connectivity index (χ4v) is 1.12. The molecule has 0 atom stereocenters. The van der Waals surface area contributed by atoms with Crippen molar-refractivity contribution in [1.29, 1.82) is 0 Å². The Kier molecular flexibility index (Phi) is 5.06. The fraction of sp³-hybridized carbons (Fsp3) is 0.214. The maximum atomic E-state index is 11.2. The van der Waals surface area contributed by atoms with Crippen molar-refractivity contribution >= 4 is 12.0 Å². The average Bonchev–Trinajstić information content (AvgIpc) is 2.34. The second kappa shape index (κ2) is 6.62. The van der Waals surface area contributed by atoms with Crippen LogP contribution >= 0.6 is 0 Å². The van der Waals surface area contributed by atoms with Gasteiger partial charge in [0, 0.05) is 5.57 Å². The first-order valence-electron chi connectivity index (χ1n) is 5.30. The number of esters is 1. The molecule has 0 aliphatic rings. The van der Waals surface area contributed by atoms with Gasteiger partial charge in [-0.05, 0) is 18.1 Å². The molecule has 0 unspecified atom stereocenters. The number of carbonyl (C=O) groups excluding carboxylic acids is 1. The average molecular weight is 216 g/mol. The summed E-state index contributed by atoms with van der Waals surface area (Å²) in [5, 5.41) is 0. The van der Waals surface area contributed by atoms with Crippen LogP contribution in [0.3, 0.4) is 0 Å². The molecule has 0 bridgehead atoms. The van der Waals surface area contributed by atoms with Gasteiger partial charge in [0.15, 0.2) is 0 Å². The lowest BCUT2D eigenvalue weighted by Gasteiger charge is -2.01. The first-order valence-corrected chi connectivity index (χ1v) is 5.30. The van der Waals surface area contributed by atoms with Gasteiger partial charge >= 0.3 is 5.97 Å². The number of benzene rings is 1. The zero-order chi connectivity index (χ0) is 11.8. The first kappa shape index (κ1) is 12.2. The minimum atomic E-state index is -0.319. The van der Waals surface area contributed by atoms with E-state index in [1.54, 1.807) is 0 Å². The van der Waals surface area contributed by atoms with Crippen LogP contribution in [-0.4, -0.2) is 12.6 Å². The molecule has 16 heavy (non-hydrogen) atoms. The van der Waals surface area contributed by atoms with Crippen molar-refractivity contribution in [3.8, 4) is 0 Å². The van der Waals surface area contributed by atoms with Crippen LogP contribution in [0.5, 0.6) is 0 Å². The van der Waals surface area contributed by atoms with Gasteiger partial charge in [-0.25, -0.2) is 4.79 Å². The van der Waals surface area contributed by atoms with E-state index in [2.05, 4.69) is 6.58 Å². The predicted octanol–water partition coefficient (Wildman–Crippen LogP) is 3.21. The highest BCUT2D eigenvalue weighted by Crippen LogP contribution is 2.02. The van der Waals surface area contributed by atoms with Gasteiger partial charge in [0.2, 0.25) is 0 Å². The van der Waals surface area contributed by atoms with E-state index in [4.69, 9.17) is 4.74 Å². The third-order valence-corrected chi connectivity index (χ3v) is 2.14. The molecule has 0 spiro atoms. The summed E-state index contributed by atoms with van der Waals surface area (Å²) < 4.78 is 4.99. The highest BCUT2D eigenvalue weighted by molar-refractivity contribution is 5.87. The van der Waals surface area contributed by atoms with Crippen molar-refractivity contribution < 1.29 is 9.53 Å². The Hall–Kier alpha value is -1.83. The largest absolute Gasteiger partial charge is 0.458 e. The normalized spacial score (nSPS) is 10.3. The molecule has 0 radical (unpaired) electrons. The summed E-state index contributed by atoms with van der Waals surface area (Å²) in [6, 6.07) is 9.87. The maximum absolute atomic E-state index is 11.2. The topological polar surface area (TPSA) is 26.3 Å². The second-order valence-electron chi connectivity index (χ2n) is 3.37. The van der Waals surface area contributed by atoms with Crippen molar-refractivity contribution in [2.45, 2.75) is 13.3 Å². The summed E-state index contributed by atoms with van der Waals surface area (Å²) in [6.45, 7) is 5.77. The van der Waals surface area contributed by atoms with Crippen molar-refractivity contribution in [3.05, 3.63) is 54.1 Å². The molecule has 0 aliphatic heterocycles. The number of hydrogen-bond donors (Lipinski definition) is 0. The number of hydrogen-bond acceptors (Lipinski definition) is 2. The molecule has 1 rings (SSSR count). The van der Waals surface area contributed by atoms with Crippen LogP contribution < -0.4 is 0 Å². The summed E-state index contributed by atoms with van der Waals surface area (Å²) in [5.74, 6) is -0.319. The molecule has 2 heteroatoms. The molecule has 0 aliphatic carbocycles. The molecule has 84 valence electrons.